The first-order valence-corrected chi connectivity index (χ1v) is 7.34. The quantitative estimate of drug-likeness (QED) is 0.927. The van der Waals surface area contributed by atoms with Crippen molar-refractivity contribution < 1.29 is 4.74 Å². The molecule has 0 spiro atoms. The Morgan fingerprint density at radius 1 is 1.15 bits per heavy atom. The summed E-state index contributed by atoms with van der Waals surface area (Å²) in [6.45, 7) is 4.34. The summed E-state index contributed by atoms with van der Waals surface area (Å²) in [4.78, 5) is 2.38. The lowest BCUT2D eigenvalue weighted by molar-refractivity contribution is 0.0230. The van der Waals surface area contributed by atoms with E-state index >= 15 is 0 Å². The molecule has 0 amide bonds. The number of ether oxygens (including phenoxy) is 1. The molecule has 1 aliphatic rings. The second-order valence-electron chi connectivity index (χ2n) is 5.30. The second kappa shape index (κ2) is 6.09. The predicted molar refractivity (Wildman–Crippen MR) is 79.5 cm³/mol. The van der Waals surface area contributed by atoms with Gasteiger partial charge in [-0.1, -0.05) is 36.8 Å². The highest BCUT2D eigenvalue weighted by atomic mass is 16.5. The zero-order valence-corrected chi connectivity index (χ0v) is 11.9. The molecule has 3 rings (SSSR count). The van der Waals surface area contributed by atoms with Crippen molar-refractivity contribution in [2.75, 3.05) is 13.1 Å². The van der Waals surface area contributed by atoms with Gasteiger partial charge in [0, 0.05) is 19.2 Å². The smallest absolute Gasteiger partial charge is 0.234 e. The van der Waals surface area contributed by atoms with E-state index in [4.69, 9.17) is 4.74 Å². The maximum Gasteiger partial charge on any atom is 0.234 e. The molecule has 1 unspecified atom stereocenters. The highest BCUT2D eigenvalue weighted by Crippen LogP contribution is 2.22. The van der Waals surface area contributed by atoms with Gasteiger partial charge in [0.2, 0.25) is 5.88 Å². The Kier molecular flexibility index (Phi) is 4.02. The molecule has 0 saturated carbocycles. The molecular weight excluding hydrogens is 250 g/mol. The minimum atomic E-state index is 0.0854. The Labute approximate surface area is 119 Å². The first kappa shape index (κ1) is 13.2. The van der Waals surface area contributed by atoms with Crippen molar-refractivity contribution in [2.45, 2.75) is 32.4 Å². The van der Waals surface area contributed by atoms with Gasteiger partial charge in [0.05, 0.1) is 5.69 Å². The van der Waals surface area contributed by atoms with E-state index in [1.165, 1.54) is 19.3 Å². The number of aromatic nitrogens is 2. The van der Waals surface area contributed by atoms with Crippen molar-refractivity contribution >= 4 is 0 Å². The van der Waals surface area contributed by atoms with Crippen LogP contribution in [0.3, 0.4) is 0 Å². The topological polar surface area (TPSA) is 41.1 Å². The van der Waals surface area contributed by atoms with E-state index in [1.54, 1.807) is 0 Å². The number of H-pyrrole nitrogens is 1. The molecule has 4 nitrogen and oxygen atoms in total. The monoisotopic (exact) mass is 271 g/mol. The SMILES string of the molecule is CC(Oc1cc(-c2ccccc2)[nH]n1)N1CCCCC1. The Hall–Kier alpha value is -1.81. The molecule has 1 saturated heterocycles. The van der Waals surface area contributed by atoms with Crippen LogP contribution in [0, 0.1) is 0 Å². The number of likely N-dealkylation sites (tertiary alicyclic amines) is 1. The molecule has 2 heterocycles. The minimum Gasteiger partial charge on any atom is -0.458 e. The fraction of sp³-hybridized carbons (Fsp3) is 0.438. The molecule has 1 atom stereocenters. The van der Waals surface area contributed by atoms with Crippen LogP contribution in [0.15, 0.2) is 36.4 Å². The van der Waals surface area contributed by atoms with Gasteiger partial charge in [-0.3, -0.25) is 10.00 Å². The fourth-order valence-electron chi connectivity index (χ4n) is 2.66. The zero-order chi connectivity index (χ0) is 13.8. The molecule has 20 heavy (non-hydrogen) atoms. The average Bonchev–Trinajstić information content (AvgIpc) is 2.97. The lowest BCUT2D eigenvalue weighted by atomic mass is 10.1. The Balaban J connectivity index is 1.65. The van der Waals surface area contributed by atoms with Crippen LogP contribution in [-0.4, -0.2) is 34.4 Å². The number of hydrogen-bond acceptors (Lipinski definition) is 3. The highest BCUT2D eigenvalue weighted by Gasteiger charge is 2.18. The molecule has 106 valence electrons. The molecule has 0 radical (unpaired) electrons. The largest absolute Gasteiger partial charge is 0.458 e. The van der Waals surface area contributed by atoms with Crippen molar-refractivity contribution in [1.29, 1.82) is 0 Å². The van der Waals surface area contributed by atoms with Gasteiger partial charge in [0.15, 0.2) is 6.23 Å². The van der Waals surface area contributed by atoms with Crippen molar-refractivity contribution in [1.82, 2.24) is 15.1 Å². The third kappa shape index (κ3) is 3.02. The van der Waals surface area contributed by atoms with Gasteiger partial charge in [0.1, 0.15) is 0 Å². The summed E-state index contributed by atoms with van der Waals surface area (Å²) in [5.41, 5.74) is 2.12. The Morgan fingerprint density at radius 2 is 1.90 bits per heavy atom. The summed E-state index contributed by atoms with van der Waals surface area (Å²) < 4.78 is 5.94. The molecule has 1 fully saturated rings. The third-order valence-corrected chi connectivity index (χ3v) is 3.84. The van der Waals surface area contributed by atoms with Crippen molar-refractivity contribution in [3.63, 3.8) is 0 Å². The molecule has 1 aromatic carbocycles. The normalized spacial score (nSPS) is 17.9. The lowest BCUT2D eigenvalue weighted by Gasteiger charge is -2.31. The maximum absolute atomic E-state index is 5.94. The summed E-state index contributed by atoms with van der Waals surface area (Å²) >= 11 is 0. The predicted octanol–water partition coefficient (Wildman–Crippen LogP) is 3.29. The van der Waals surface area contributed by atoms with E-state index < -0.39 is 0 Å². The van der Waals surface area contributed by atoms with Crippen LogP contribution in [0.2, 0.25) is 0 Å². The molecule has 4 heteroatoms. The van der Waals surface area contributed by atoms with E-state index in [0.29, 0.717) is 5.88 Å². The summed E-state index contributed by atoms with van der Waals surface area (Å²) in [6.07, 6.45) is 3.96. The van der Waals surface area contributed by atoms with Gasteiger partial charge in [0.25, 0.3) is 0 Å². The first-order chi connectivity index (χ1) is 9.83. The van der Waals surface area contributed by atoms with Crippen LogP contribution >= 0.6 is 0 Å². The van der Waals surface area contributed by atoms with Gasteiger partial charge in [-0.05, 0) is 25.3 Å². The molecule has 1 N–H and O–H groups in total. The summed E-state index contributed by atoms with van der Waals surface area (Å²) in [6, 6.07) is 12.1. The summed E-state index contributed by atoms with van der Waals surface area (Å²) in [5.74, 6) is 0.668. The second-order valence-corrected chi connectivity index (χ2v) is 5.30. The number of nitrogens with zero attached hydrogens (tertiary/aromatic N) is 2. The molecule has 0 bridgehead atoms. The van der Waals surface area contributed by atoms with Crippen molar-refractivity contribution in [3.05, 3.63) is 36.4 Å². The molecular formula is C16H21N3O. The van der Waals surface area contributed by atoms with Crippen LogP contribution < -0.4 is 4.74 Å². The molecule has 1 aliphatic heterocycles. The standard InChI is InChI=1S/C16H21N3O/c1-13(19-10-6-3-7-11-19)20-16-12-15(17-18-16)14-8-4-2-5-9-14/h2,4-5,8-9,12-13H,3,6-7,10-11H2,1H3,(H,17,18). The zero-order valence-electron chi connectivity index (χ0n) is 11.9. The maximum atomic E-state index is 5.94. The van der Waals surface area contributed by atoms with Crippen LogP contribution in [0.5, 0.6) is 5.88 Å². The molecule has 0 aliphatic carbocycles. The van der Waals surface area contributed by atoms with E-state index in [1.807, 2.05) is 24.3 Å². The fourth-order valence-corrected chi connectivity index (χ4v) is 2.66. The summed E-state index contributed by atoms with van der Waals surface area (Å²) in [5, 5.41) is 7.29. The van der Waals surface area contributed by atoms with Gasteiger partial charge >= 0.3 is 0 Å². The highest BCUT2D eigenvalue weighted by molar-refractivity contribution is 5.59. The number of piperidine rings is 1. The van der Waals surface area contributed by atoms with E-state index in [2.05, 4.69) is 34.2 Å². The molecule has 2 aromatic rings. The number of benzene rings is 1. The molecule has 1 aromatic heterocycles. The number of nitrogens with one attached hydrogen (secondary N) is 1. The average molecular weight is 271 g/mol. The van der Waals surface area contributed by atoms with Crippen LogP contribution in [0.1, 0.15) is 26.2 Å². The van der Waals surface area contributed by atoms with Gasteiger partial charge in [-0.25, -0.2) is 0 Å². The van der Waals surface area contributed by atoms with E-state index in [0.717, 1.165) is 24.3 Å². The van der Waals surface area contributed by atoms with E-state index in [-0.39, 0.29) is 6.23 Å². The first-order valence-electron chi connectivity index (χ1n) is 7.34. The number of aromatic amines is 1. The van der Waals surface area contributed by atoms with Crippen LogP contribution in [0.25, 0.3) is 11.3 Å². The minimum absolute atomic E-state index is 0.0854. The van der Waals surface area contributed by atoms with Crippen molar-refractivity contribution in [2.24, 2.45) is 0 Å². The van der Waals surface area contributed by atoms with E-state index in [9.17, 15) is 0 Å². The van der Waals surface area contributed by atoms with Gasteiger partial charge in [-0.2, -0.15) is 0 Å². The summed E-state index contributed by atoms with van der Waals surface area (Å²) in [7, 11) is 0. The van der Waals surface area contributed by atoms with Crippen LogP contribution in [-0.2, 0) is 0 Å². The third-order valence-electron chi connectivity index (χ3n) is 3.84. The van der Waals surface area contributed by atoms with Gasteiger partial charge < -0.3 is 4.74 Å². The lowest BCUT2D eigenvalue weighted by Crippen LogP contribution is -2.40. The number of rotatable bonds is 4. The van der Waals surface area contributed by atoms with Crippen LogP contribution in [0.4, 0.5) is 0 Å². The Morgan fingerprint density at radius 3 is 2.65 bits per heavy atom. The van der Waals surface area contributed by atoms with Crippen molar-refractivity contribution in [3.8, 4) is 17.1 Å². The Bertz CT molecular complexity index is 532. The van der Waals surface area contributed by atoms with Gasteiger partial charge in [-0.15, -0.1) is 5.10 Å². The number of hydrogen-bond donors (Lipinski definition) is 1.